The van der Waals surface area contributed by atoms with Gasteiger partial charge in [0, 0.05) is 17.8 Å². The Morgan fingerprint density at radius 1 is 1.35 bits per heavy atom. The fourth-order valence-electron chi connectivity index (χ4n) is 2.52. The molecule has 1 N–H and O–H groups in total. The summed E-state index contributed by atoms with van der Waals surface area (Å²) in [6.07, 6.45) is 3.92. The number of hydrogen-bond donors (Lipinski definition) is 1. The Bertz CT molecular complexity index is 611. The maximum atomic E-state index is 6.41. The number of halogens is 1. The molecule has 4 nitrogen and oxygen atoms in total. The molecule has 0 atom stereocenters. The maximum Gasteiger partial charge on any atom is 0.139 e. The molecule has 1 aromatic carbocycles. The highest BCUT2D eigenvalue weighted by atomic mass is 35.5. The van der Waals surface area contributed by atoms with Crippen molar-refractivity contribution in [1.29, 1.82) is 0 Å². The van der Waals surface area contributed by atoms with E-state index in [2.05, 4.69) is 21.6 Å². The summed E-state index contributed by atoms with van der Waals surface area (Å²) >= 11 is 8.10. The Morgan fingerprint density at radius 2 is 2.20 bits per heavy atom. The van der Waals surface area contributed by atoms with Crippen LogP contribution in [0, 0.1) is 0 Å². The Hall–Kier alpha value is -1.04. The lowest BCUT2D eigenvalue weighted by Crippen LogP contribution is -2.16. The summed E-state index contributed by atoms with van der Waals surface area (Å²) in [6.45, 7) is 2.07. The summed E-state index contributed by atoms with van der Waals surface area (Å²) in [6, 6.07) is 4.19. The third-order valence-electron chi connectivity index (χ3n) is 3.54. The summed E-state index contributed by atoms with van der Waals surface area (Å²) in [7, 11) is 1.83. The first kappa shape index (κ1) is 13.9. The van der Waals surface area contributed by atoms with Crippen molar-refractivity contribution in [3.63, 3.8) is 0 Å². The Morgan fingerprint density at radius 3 is 3.00 bits per heavy atom. The molecule has 2 aromatic rings. The molecule has 1 aliphatic heterocycles. The van der Waals surface area contributed by atoms with Gasteiger partial charge in [0.1, 0.15) is 5.03 Å². The van der Waals surface area contributed by atoms with Gasteiger partial charge >= 0.3 is 0 Å². The zero-order chi connectivity index (χ0) is 13.9. The predicted octanol–water partition coefficient (Wildman–Crippen LogP) is 2.45. The summed E-state index contributed by atoms with van der Waals surface area (Å²) in [5.41, 5.74) is 4.09. The van der Waals surface area contributed by atoms with Crippen LogP contribution in [0.25, 0.3) is 0 Å². The van der Waals surface area contributed by atoms with Crippen LogP contribution in [0.2, 0.25) is 5.02 Å². The summed E-state index contributed by atoms with van der Waals surface area (Å²) in [4.78, 5) is 1.58. The molecular formula is C14H17ClN4S. The maximum absolute atomic E-state index is 6.41. The van der Waals surface area contributed by atoms with E-state index in [1.54, 1.807) is 22.8 Å². The van der Waals surface area contributed by atoms with Gasteiger partial charge in [-0.1, -0.05) is 29.4 Å². The molecule has 0 fully saturated rings. The lowest BCUT2D eigenvalue weighted by molar-refractivity contribution is 0.641. The van der Waals surface area contributed by atoms with Gasteiger partial charge in [0.25, 0.3) is 0 Å². The van der Waals surface area contributed by atoms with Crippen molar-refractivity contribution in [3.05, 3.63) is 40.0 Å². The van der Waals surface area contributed by atoms with Crippen LogP contribution in [0.3, 0.4) is 0 Å². The van der Waals surface area contributed by atoms with Crippen molar-refractivity contribution in [2.24, 2.45) is 7.05 Å². The van der Waals surface area contributed by atoms with Crippen LogP contribution in [0.15, 0.2) is 23.4 Å². The number of hydrogen-bond acceptors (Lipinski definition) is 4. The van der Waals surface area contributed by atoms with E-state index in [4.69, 9.17) is 11.6 Å². The van der Waals surface area contributed by atoms with Crippen molar-refractivity contribution in [2.45, 2.75) is 23.6 Å². The second-order valence-corrected chi connectivity index (χ2v) is 6.28. The highest BCUT2D eigenvalue weighted by Gasteiger charge is 2.15. The van der Waals surface area contributed by atoms with E-state index in [1.807, 2.05) is 13.1 Å². The van der Waals surface area contributed by atoms with Gasteiger partial charge in [-0.15, -0.1) is 5.10 Å². The third kappa shape index (κ3) is 3.00. The minimum absolute atomic E-state index is 0.848. The largest absolute Gasteiger partial charge is 0.316 e. The van der Waals surface area contributed by atoms with E-state index in [0.29, 0.717) is 0 Å². The first-order valence-corrected chi connectivity index (χ1v) is 8.09. The molecule has 0 unspecified atom stereocenters. The Labute approximate surface area is 127 Å². The van der Waals surface area contributed by atoms with Crippen LogP contribution < -0.4 is 5.32 Å². The standard InChI is InChI=1S/C14H17ClN4S/c1-19-17-8-14(18-19)20-9-12-11-5-7-16-6-4-10(11)2-3-13(12)15/h2-3,8,16H,4-7,9H2,1H3. The van der Waals surface area contributed by atoms with Crippen LogP contribution in [0.1, 0.15) is 16.7 Å². The zero-order valence-corrected chi connectivity index (χ0v) is 13.0. The highest BCUT2D eigenvalue weighted by Crippen LogP contribution is 2.31. The molecule has 0 bridgehead atoms. The van der Waals surface area contributed by atoms with Crippen molar-refractivity contribution < 1.29 is 0 Å². The molecular weight excluding hydrogens is 292 g/mol. The van der Waals surface area contributed by atoms with Crippen molar-refractivity contribution in [2.75, 3.05) is 13.1 Å². The molecule has 106 valence electrons. The molecule has 20 heavy (non-hydrogen) atoms. The first-order valence-electron chi connectivity index (χ1n) is 6.73. The van der Waals surface area contributed by atoms with Gasteiger partial charge in [0.15, 0.2) is 0 Å². The number of nitrogens with zero attached hydrogens (tertiary/aromatic N) is 3. The van der Waals surface area contributed by atoms with E-state index in [9.17, 15) is 0 Å². The van der Waals surface area contributed by atoms with Crippen molar-refractivity contribution >= 4 is 23.4 Å². The lowest BCUT2D eigenvalue weighted by atomic mass is 9.98. The van der Waals surface area contributed by atoms with Gasteiger partial charge in [0.05, 0.1) is 6.20 Å². The fourth-order valence-corrected chi connectivity index (χ4v) is 3.76. The van der Waals surface area contributed by atoms with Gasteiger partial charge in [-0.05, 0) is 48.7 Å². The molecule has 0 amide bonds. The summed E-state index contributed by atoms with van der Waals surface area (Å²) in [5.74, 6) is 0.848. The highest BCUT2D eigenvalue weighted by molar-refractivity contribution is 7.98. The SMILES string of the molecule is Cn1ncc(SCc2c(Cl)ccc3c2CCNCC3)n1. The number of nitrogens with one attached hydrogen (secondary N) is 1. The summed E-state index contributed by atoms with van der Waals surface area (Å²) < 4.78 is 0. The minimum Gasteiger partial charge on any atom is -0.316 e. The number of rotatable bonds is 3. The number of aromatic nitrogens is 3. The van der Waals surface area contributed by atoms with Gasteiger partial charge in [-0.3, -0.25) is 0 Å². The molecule has 3 rings (SSSR count). The molecule has 6 heteroatoms. The molecule has 0 aliphatic carbocycles. The van der Waals surface area contributed by atoms with E-state index in [0.717, 1.165) is 41.7 Å². The van der Waals surface area contributed by atoms with Gasteiger partial charge < -0.3 is 5.32 Å². The Balaban J connectivity index is 1.84. The number of thioether (sulfide) groups is 1. The number of aryl methyl sites for hydroxylation is 1. The molecule has 1 aromatic heterocycles. The first-order chi connectivity index (χ1) is 9.74. The van der Waals surface area contributed by atoms with Crippen molar-refractivity contribution in [1.82, 2.24) is 20.3 Å². The summed E-state index contributed by atoms with van der Waals surface area (Å²) in [5, 5.41) is 13.6. The molecule has 0 radical (unpaired) electrons. The molecule has 0 saturated heterocycles. The van der Waals surface area contributed by atoms with Crippen LogP contribution in [-0.4, -0.2) is 28.1 Å². The van der Waals surface area contributed by atoms with Crippen LogP contribution in [0.4, 0.5) is 0 Å². The normalized spacial score (nSPS) is 14.9. The number of benzene rings is 1. The van der Waals surface area contributed by atoms with Gasteiger partial charge in [-0.2, -0.15) is 9.90 Å². The monoisotopic (exact) mass is 308 g/mol. The average Bonchev–Trinajstić information content (AvgIpc) is 2.71. The van der Waals surface area contributed by atoms with E-state index < -0.39 is 0 Å². The Kier molecular flexibility index (Phi) is 4.29. The topological polar surface area (TPSA) is 42.7 Å². The van der Waals surface area contributed by atoms with Crippen LogP contribution in [-0.2, 0) is 25.6 Å². The third-order valence-corrected chi connectivity index (χ3v) is 4.81. The van der Waals surface area contributed by atoms with Crippen LogP contribution >= 0.6 is 23.4 Å². The molecule has 0 spiro atoms. The van der Waals surface area contributed by atoms with Gasteiger partial charge in [0.2, 0.25) is 0 Å². The lowest BCUT2D eigenvalue weighted by Gasteiger charge is -2.13. The quantitative estimate of drug-likeness (QED) is 0.885. The van der Waals surface area contributed by atoms with Crippen LogP contribution in [0.5, 0.6) is 0 Å². The minimum atomic E-state index is 0.848. The second-order valence-electron chi connectivity index (χ2n) is 4.87. The molecule has 1 aliphatic rings. The zero-order valence-electron chi connectivity index (χ0n) is 11.4. The second kappa shape index (κ2) is 6.16. The van der Waals surface area contributed by atoms with Crippen molar-refractivity contribution in [3.8, 4) is 0 Å². The van der Waals surface area contributed by atoms with E-state index >= 15 is 0 Å². The smallest absolute Gasteiger partial charge is 0.139 e. The number of fused-ring (bicyclic) bond motifs is 1. The average molecular weight is 309 g/mol. The van der Waals surface area contributed by atoms with E-state index in [1.165, 1.54) is 16.7 Å². The van der Waals surface area contributed by atoms with Gasteiger partial charge in [-0.25, -0.2) is 0 Å². The molecule has 0 saturated carbocycles. The fraction of sp³-hybridized carbons (Fsp3) is 0.429. The predicted molar refractivity (Wildman–Crippen MR) is 82.3 cm³/mol. The van der Waals surface area contributed by atoms with E-state index in [-0.39, 0.29) is 0 Å². The molecule has 2 heterocycles.